The van der Waals surface area contributed by atoms with Crippen molar-refractivity contribution in [1.29, 1.82) is 0 Å². The van der Waals surface area contributed by atoms with E-state index in [0.717, 1.165) is 27.1 Å². The number of hydrogen-bond donors (Lipinski definition) is 0. The van der Waals surface area contributed by atoms with Gasteiger partial charge in [-0.25, -0.2) is 4.39 Å². The molecular formula is C23H15FO. The van der Waals surface area contributed by atoms with Crippen molar-refractivity contribution in [3.05, 3.63) is 102 Å². The van der Waals surface area contributed by atoms with Gasteiger partial charge in [0, 0.05) is 5.56 Å². The number of ketones is 1. The molecule has 0 spiro atoms. The molecule has 0 atom stereocenters. The Labute approximate surface area is 145 Å². The highest BCUT2D eigenvalue weighted by Gasteiger charge is 2.06. The first-order chi connectivity index (χ1) is 12.2. The molecule has 120 valence electrons. The van der Waals surface area contributed by atoms with Gasteiger partial charge >= 0.3 is 0 Å². The van der Waals surface area contributed by atoms with Gasteiger partial charge in [-0.3, -0.25) is 4.79 Å². The Kier molecular flexibility index (Phi) is 3.87. The minimum atomic E-state index is -0.347. The Morgan fingerprint density at radius 1 is 0.760 bits per heavy atom. The summed E-state index contributed by atoms with van der Waals surface area (Å²) in [6.45, 7) is 0. The minimum absolute atomic E-state index is 0.142. The van der Waals surface area contributed by atoms with Gasteiger partial charge in [0.1, 0.15) is 5.82 Å². The highest BCUT2D eigenvalue weighted by Crippen LogP contribution is 2.29. The SMILES string of the molecule is O=C(/C=C\c1c2ccccc2cc2ccccc12)c1ccc(F)cc1. The van der Waals surface area contributed by atoms with E-state index >= 15 is 0 Å². The maximum atomic E-state index is 13.0. The van der Waals surface area contributed by atoms with E-state index < -0.39 is 0 Å². The second-order valence-electron chi connectivity index (χ2n) is 5.94. The zero-order valence-corrected chi connectivity index (χ0v) is 13.4. The molecule has 0 aliphatic carbocycles. The van der Waals surface area contributed by atoms with Gasteiger partial charge in [0.2, 0.25) is 0 Å². The molecule has 2 heteroatoms. The summed E-state index contributed by atoms with van der Waals surface area (Å²) in [4.78, 5) is 12.4. The average Bonchev–Trinajstić information content (AvgIpc) is 2.65. The van der Waals surface area contributed by atoms with Crippen molar-refractivity contribution in [1.82, 2.24) is 0 Å². The van der Waals surface area contributed by atoms with E-state index in [9.17, 15) is 9.18 Å². The van der Waals surface area contributed by atoms with Gasteiger partial charge in [0.15, 0.2) is 5.78 Å². The third-order valence-electron chi connectivity index (χ3n) is 4.34. The van der Waals surface area contributed by atoms with E-state index in [2.05, 4.69) is 30.3 Å². The first-order valence-electron chi connectivity index (χ1n) is 8.11. The zero-order valence-electron chi connectivity index (χ0n) is 13.4. The zero-order chi connectivity index (χ0) is 17.2. The number of carbonyl (C=O) groups is 1. The van der Waals surface area contributed by atoms with Gasteiger partial charge in [-0.05, 0) is 69.6 Å². The lowest BCUT2D eigenvalue weighted by Gasteiger charge is -2.08. The van der Waals surface area contributed by atoms with Gasteiger partial charge in [0.25, 0.3) is 0 Å². The third kappa shape index (κ3) is 2.94. The fourth-order valence-electron chi connectivity index (χ4n) is 3.10. The molecule has 1 nitrogen and oxygen atoms in total. The van der Waals surface area contributed by atoms with Crippen LogP contribution < -0.4 is 0 Å². The van der Waals surface area contributed by atoms with Gasteiger partial charge in [-0.1, -0.05) is 48.5 Å². The standard InChI is InChI=1S/C23H15FO/c24-19-11-9-16(10-12-19)23(25)14-13-22-20-7-3-1-5-17(20)15-18-6-2-4-8-21(18)22/h1-15H/b14-13-. The molecule has 25 heavy (non-hydrogen) atoms. The number of fused-ring (bicyclic) bond motifs is 2. The monoisotopic (exact) mass is 326 g/mol. The van der Waals surface area contributed by atoms with Crippen LogP contribution in [0.1, 0.15) is 15.9 Å². The van der Waals surface area contributed by atoms with E-state index in [-0.39, 0.29) is 11.6 Å². The second kappa shape index (κ2) is 6.33. The Morgan fingerprint density at radius 2 is 1.32 bits per heavy atom. The maximum absolute atomic E-state index is 13.0. The third-order valence-corrected chi connectivity index (χ3v) is 4.34. The molecule has 0 saturated heterocycles. The average molecular weight is 326 g/mol. The molecule has 0 heterocycles. The normalized spacial score (nSPS) is 11.4. The summed E-state index contributed by atoms with van der Waals surface area (Å²) in [7, 11) is 0. The van der Waals surface area contributed by atoms with Gasteiger partial charge in [-0.15, -0.1) is 0 Å². The number of hydrogen-bond acceptors (Lipinski definition) is 1. The summed E-state index contributed by atoms with van der Waals surface area (Å²) >= 11 is 0. The highest BCUT2D eigenvalue weighted by molar-refractivity contribution is 6.11. The van der Waals surface area contributed by atoms with Crippen LogP contribution in [0.2, 0.25) is 0 Å². The van der Waals surface area contributed by atoms with E-state index in [4.69, 9.17) is 0 Å². The summed E-state index contributed by atoms with van der Waals surface area (Å²) in [5.74, 6) is -0.488. The van der Waals surface area contributed by atoms with Crippen molar-refractivity contribution in [2.75, 3.05) is 0 Å². The first-order valence-corrected chi connectivity index (χ1v) is 8.11. The molecule has 0 amide bonds. The molecule has 0 fully saturated rings. The summed E-state index contributed by atoms with van der Waals surface area (Å²) in [6, 6.07) is 24.0. The van der Waals surface area contributed by atoms with Crippen LogP contribution in [-0.4, -0.2) is 5.78 Å². The largest absolute Gasteiger partial charge is 0.289 e. The van der Waals surface area contributed by atoms with Crippen LogP contribution in [0.3, 0.4) is 0 Å². The lowest BCUT2D eigenvalue weighted by atomic mass is 9.96. The smallest absolute Gasteiger partial charge is 0.185 e. The summed E-state index contributed by atoms with van der Waals surface area (Å²) in [5.41, 5.74) is 1.49. The van der Waals surface area contributed by atoms with E-state index in [1.54, 1.807) is 6.08 Å². The Bertz CT molecular complexity index is 1050. The molecule has 0 aliphatic heterocycles. The van der Waals surface area contributed by atoms with Crippen LogP contribution in [0.4, 0.5) is 4.39 Å². The molecule has 0 saturated carbocycles. The van der Waals surface area contributed by atoms with E-state index in [0.29, 0.717) is 5.56 Å². The molecule has 0 unspecified atom stereocenters. The maximum Gasteiger partial charge on any atom is 0.185 e. The second-order valence-corrected chi connectivity index (χ2v) is 5.94. The Morgan fingerprint density at radius 3 is 1.92 bits per heavy atom. The van der Waals surface area contributed by atoms with Crippen molar-refractivity contribution in [2.45, 2.75) is 0 Å². The summed E-state index contributed by atoms with van der Waals surface area (Å²) in [6.07, 6.45) is 3.41. The highest BCUT2D eigenvalue weighted by atomic mass is 19.1. The number of rotatable bonds is 3. The van der Waals surface area contributed by atoms with Gasteiger partial charge < -0.3 is 0 Å². The topological polar surface area (TPSA) is 17.1 Å². The van der Waals surface area contributed by atoms with Crippen LogP contribution in [-0.2, 0) is 0 Å². The lowest BCUT2D eigenvalue weighted by molar-refractivity contribution is 0.104. The molecule has 0 N–H and O–H groups in total. The fraction of sp³-hybridized carbons (Fsp3) is 0. The molecule has 4 aromatic carbocycles. The van der Waals surface area contributed by atoms with Crippen molar-refractivity contribution in [3.63, 3.8) is 0 Å². The van der Waals surface area contributed by atoms with Crippen molar-refractivity contribution in [3.8, 4) is 0 Å². The molecular weight excluding hydrogens is 311 g/mol. The lowest BCUT2D eigenvalue weighted by Crippen LogP contribution is -1.94. The first kappa shape index (κ1) is 15.3. The molecule has 0 aromatic heterocycles. The van der Waals surface area contributed by atoms with Gasteiger partial charge in [0.05, 0.1) is 0 Å². The number of allylic oxidation sites excluding steroid dienone is 1. The van der Waals surface area contributed by atoms with Crippen LogP contribution in [0.25, 0.3) is 27.6 Å². The molecule has 4 aromatic rings. The van der Waals surface area contributed by atoms with Crippen LogP contribution in [0.15, 0.2) is 84.9 Å². The van der Waals surface area contributed by atoms with E-state index in [1.165, 1.54) is 24.3 Å². The molecule has 0 radical (unpaired) electrons. The minimum Gasteiger partial charge on any atom is -0.289 e. The Hall–Kier alpha value is -3.26. The number of benzene rings is 4. The van der Waals surface area contributed by atoms with Crippen molar-refractivity contribution < 1.29 is 9.18 Å². The van der Waals surface area contributed by atoms with Crippen LogP contribution >= 0.6 is 0 Å². The van der Waals surface area contributed by atoms with Crippen molar-refractivity contribution >= 4 is 33.4 Å². The van der Waals surface area contributed by atoms with Crippen LogP contribution in [0, 0.1) is 5.82 Å². The number of carbonyl (C=O) groups excluding carboxylic acids is 1. The quantitative estimate of drug-likeness (QED) is 0.255. The summed E-state index contributed by atoms with van der Waals surface area (Å²) in [5, 5.41) is 4.47. The Balaban J connectivity index is 1.84. The number of halogens is 1. The predicted molar refractivity (Wildman–Crippen MR) is 101 cm³/mol. The van der Waals surface area contributed by atoms with Crippen LogP contribution in [0.5, 0.6) is 0 Å². The van der Waals surface area contributed by atoms with Gasteiger partial charge in [-0.2, -0.15) is 0 Å². The molecule has 0 bridgehead atoms. The van der Waals surface area contributed by atoms with E-state index in [1.807, 2.05) is 30.3 Å². The fourth-order valence-corrected chi connectivity index (χ4v) is 3.10. The van der Waals surface area contributed by atoms with Crippen molar-refractivity contribution in [2.24, 2.45) is 0 Å². The summed E-state index contributed by atoms with van der Waals surface area (Å²) < 4.78 is 13.0. The molecule has 4 rings (SSSR count). The predicted octanol–water partition coefficient (Wildman–Crippen LogP) is 6.03. The molecule has 0 aliphatic rings.